The van der Waals surface area contributed by atoms with Gasteiger partial charge in [0, 0.05) is 31.9 Å². The Bertz CT molecular complexity index is 652. The maximum atomic E-state index is 12.5. The normalized spacial score (nSPS) is 18.8. The summed E-state index contributed by atoms with van der Waals surface area (Å²) in [5.74, 6) is 0.000844. The molecule has 1 unspecified atom stereocenters. The highest BCUT2D eigenvalue weighted by atomic mass is 16.2. The highest BCUT2D eigenvalue weighted by Gasteiger charge is 2.27. The number of amides is 1. The first-order chi connectivity index (χ1) is 11.1. The number of nitrogens with zero attached hydrogens (tertiary/aromatic N) is 3. The molecule has 1 saturated heterocycles. The van der Waals surface area contributed by atoms with Crippen LogP contribution in [0.4, 0.5) is 0 Å². The number of hydrogen-bond acceptors (Lipinski definition) is 3. The first-order valence-electron chi connectivity index (χ1n) is 8.19. The van der Waals surface area contributed by atoms with Crippen LogP contribution in [-0.4, -0.2) is 52.1 Å². The van der Waals surface area contributed by atoms with Gasteiger partial charge in [-0.05, 0) is 37.9 Å². The third kappa shape index (κ3) is 3.79. The van der Waals surface area contributed by atoms with Crippen LogP contribution < -0.4 is 0 Å². The molecule has 5 heteroatoms. The van der Waals surface area contributed by atoms with E-state index in [9.17, 15) is 4.79 Å². The van der Waals surface area contributed by atoms with Gasteiger partial charge in [0.25, 0.3) is 5.91 Å². The predicted molar refractivity (Wildman–Crippen MR) is 90.2 cm³/mol. The highest BCUT2D eigenvalue weighted by molar-refractivity contribution is 5.92. The summed E-state index contributed by atoms with van der Waals surface area (Å²) in [6, 6.07) is 12.6. The molecule has 23 heavy (non-hydrogen) atoms. The van der Waals surface area contributed by atoms with Crippen molar-refractivity contribution in [1.29, 1.82) is 0 Å². The fourth-order valence-corrected chi connectivity index (χ4v) is 3.21. The van der Waals surface area contributed by atoms with Crippen molar-refractivity contribution in [1.82, 2.24) is 20.0 Å². The Morgan fingerprint density at radius 1 is 1.39 bits per heavy atom. The number of carbonyl (C=O) groups is 1. The molecule has 1 aliphatic heterocycles. The minimum Gasteiger partial charge on any atom is -0.336 e. The maximum absolute atomic E-state index is 12.5. The Kier molecular flexibility index (Phi) is 4.76. The Labute approximate surface area is 137 Å². The van der Waals surface area contributed by atoms with Crippen LogP contribution in [0, 0.1) is 6.92 Å². The number of H-pyrrole nitrogens is 1. The van der Waals surface area contributed by atoms with Crippen LogP contribution in [0.1, 0.15) is 34.6 Å². The van der Waals surface area contributed by atoms with Crippen molar-refractivity contribution in [3.63, 3.8) is 0 Å². The lowest BCUT2D eigenvalue weighted by atomic mass is 10.0. The molecule has 0 aliphatic carbocycles. The zero-order valence-corrected chi connectivity index (χ0v) is 13.8. The van der Waals surface area contributed by atoms with Crippen molar-refractivity contribution in [2.45, 2.75) is 32.4 Å². The van der Waals surface area contributed by atoms with E-state index in [4.69, 9.17) is 0 Å². The third-order valence-electron chi connectivity index (χ3n) is 4.52. The molecule has 1 aliphatic rings. The van der Waals surface area contributed by atoms with E-state index in [1.54, 1.807) is 0 Å². The summed E-state index contributed by atoms with van der Waals surface area (Å²) < 4.78 is 0. The van der Waals surface area contributed by atoms with E-state index in [-0.39, 0.29) is 11.9 Å². The van der Waals surface area contributed by atoms with E-state index < -0.39 is 0 Å². The van der Waals surface area contributed by atoms with Crippen LogP contribution in [0.3, 0.4) is 0 Å². The topological polar surface area (TPSA) is 52.2 Å². The lowest BCUT2D eigenvalue weighted by molar-refractivity contribution is 0.0603. The van der Waals surface area contributed by atoms with Gasteiger partial charge in [-0.2, -0.15) is 5.10 Å². The molecule has 2 heterocycles. The number of carbonyl (C=O) groups excluding carboxylic acids is 1. The average molecular weight is 312 g/mol. The standard InChI is InChI=1S/C18H24N4O/c1-14-11-17(20-19-14)18(23)21(2)16-9-6-10-22(13-16)12-15-7-4-3-5-8-15/h3-5,7-8,11,16H,6,9-10,12-13H2,1-2H3,(H,19,20). The summed E-state index contributed by atoms with van der Waals surface area (Å²) in [6.45, 7) is 4.86. The predicted octanol–water partition coefficient (Wildman–Crippen LogP) is 2.45. The molecule has 1 aromatic heterocycles. The van der Waals surface area contributed by atoms with E-state index in [2.05, 4.69) is 39.4 Å². The SMILES string of the molecule is Cc1cc(C(=O)N(C)C2CCCN(Cc3ccccc3)C2)n[nH]1. The molecular weight excluding hydrogens is 288 g/mol. The van der Waals surface area contributed by atoms with Crippen LogP contribution in [0.25, 0.3) is 0 Å². The van der Waals surface area contributed by atoms with Crippen LogP contribution in [0.5, 0.6) is 0 Å². The molecule has 1 fully saturated rings. The van der Waals surface area contributed by atoms with Gasteiger partial charge in [0.05, 0.1) is 0 Å². The van der Waals surface area contributed by atoms with Crippen molar-refractivity contribution in [2.24, 2.45) is 0 Å². The second-order valence-corrected chi connectivity index (χ2v) is 6.37. The summed E-state index contributed by atoms with van der Waals surface area (Å²) in [7, 11) is 1.89. The fourth-order valence-electron chi connectivity index (χ4n) is 3.21. The van der Waals surface area contributed by atoms with Crippen molar-refractivity contribution in [2.75, 3.05) is 20.1 Å². The second kappa shape index (κ2) is 6.96. The zero-order valence-electron chi connectivity index (χ0n) is 13.8. The number of rotatable bonds is 4. The summed E-state index contributed by atoms with van der Waals surface area (Å²) in [6.07, 6.45) is 2.17. The largest absolute Gasteiger partial charge is 0.336 e. The molecular formula is C18H24N4O. The first kappa shape index (κ1) is 15.7. The highest BCUT2D eigenvalue weighted by Crippen LogP contribution is 2.18. The van der Waals surface area contributed by atoms with E-state index in [1.165, 1.54) is 5.56 Å². The number of likely N-dealkylation sites (tertiary alicyclic amines) is 1. The summed E-state index contributed by atoms with van der Waals surface area (Å²) in [5.41, 5.74) is 2.74. The minimum atomic E-state index is 0.000844. The molecule has 1 N–H and O–H groups in total. The van der Waals surface area contributed by atoms with Crippen molar-refractivity contribution in [3.05, 3.63) is 53.3 Å². The van der Waals surface area contributed by atoms with Crippen molar-refractivity contribution in [3.8, 4) is 0 Å². The number of benzene rings is 1. The zero-order chi connectivity index (χ0) is 16.2. The van der Waals surface area contributed by atoms with Gasteiger partial charge < -0.3 is 4.90 Å². The summed E-state index contributed by atoms with van der Waals surface area (Å²) >= 11 is 0. The number of aryl methyl sites for hydroxylation is 1. The van der Waals surface area contributed by atoms with Crippen LogP contribution in [0.2, 0.25) is 0 Å². The van der Waals surface area contributed by atoms with Crippen molar-refractivity contribution >= 4 is 5.91 Å². The fraction of sp³-hybridized carbons (Fsp3) is 0.444. The quantitative estimate of drug-likeness (QED) is 0.943. The number of hydrogen-bond donors (Lipinski definition) is 1. The molecule has 1 aromatic carbocycles. The van der Waals surface area contributed by atoms with Crippen LogP contribution >= 0.6 is 0 Å². The average Bonchev–Trinajstić information content (AvgIpc) is 3.01. The van der Waals surface area contributed by atoms with Gasteiger partial charge in [-0.1, -0.05) is 30.3 Å². The number of likely N-dealkylation sites (N-methyl/N-ethyl adjacent to an activating group) is 1. The van der Waals surface area contributed by atoms with Gasteiger partial charge in [-0.3, -0.25) is 14.8 Å². The van der Waals surface area contributed by atoms with Crippen LogP contribution in [-0.2, 0) is 6.54 Å². The molecule has 1 atom stereocenters. The molecule has 1 amide bonds. The molecule has 122 valence electrons. The van der Waals surface area contributed by atoms with Gasteiger partial charge in [-0.15, -0.1) is 0 Å². The lowest BCUT2D eigenvalue weighted by Crippen LogP contribution is -2.48. The lowest BCUT2D eigenvalue weighted by Gasteiger charge is -2.37. The number of piperidine rings is 1. The first-order valence-corrected chi connectivity index (χ1v) is 8.19. The molecule has 0 bridgehead atoms. The van der Waals surface area contributed by atoms with Gasteiger partial charge in [0.15, 0.2) is 0 Å². The molecule has 0 spiro atoms. The number of aromatic nitrogens is 2. The Morgan fingerprint density at radius 3 is 2.87 bits per heavy atom. The van der Waals surface area contributed by atoms with Gasteiger partial charge >= 0.3 is 0 Å². The summed E-state index contributed by atoms with van der Waals surface area (Å²) in [4.78, 5) is 16.8. The number of aromatic amines is 1. The third-order valence-corrected chi connectivity index (χ3v) is 4.52. The molecule has 5 nitrogen and oxygen atoms in total. The smallest absolute Gasteiger partial charge is 0.274 e. The van der Waals surface area contributed by atoms with Gasteiger partial charge in [0.1, 0.15) is 5.69 Å². The number of nitrogens with one attached hydrogen (secondary N) is 1. The van der Waals surface area contributed by atoms with E-state index in [0.29, 0.717) is 5.69 Å². The summed E-state index contributed by atoms with van der Waals surface area (Å²) in [5, 5.41) is 6.93. The van der Waals surface area contributed by atoms with E-state index >= 15 is 0 Å². The molecule has 3 rings (SSSR count). The molecule has 0 radical (unpaired) electrons. The Morgan fingerprint density at radius 2 is 2.17 bits per heavy atom. The van der Waals surface area contributed by atoms with Gasteiger partial charge in [-0.25, -0.2) is 0 Å². The maximum Gasteiger partial charge on any atom is 0.274 e. The minimum absolute atomic E-state index is 0.000844. The van der Waals surface area contributed by atoms with Gasteiger partial charge in [0.2, 0.25) is 0 Å². The monoisotopic (exact) mass is 312 g/mol. The Balaban J connectivity index is 1.62. The van der Waals surface area contributed by atoms with E-state index in [0.717, 1.165) is 38.2 Å². The molecule has 2 aromatic rings. The second-order valence-electron chi connectivity index (χ2n) is 6.37. The molecule has 0 saturated carbocycles. The Hall–Kier alpha value is -2.14. The van der Waals surface area contributed by atoms with Crippen LogP contribution in [0.15, 0.2) is 36.4 Å². The van der Waals surface area contributed by atoms with Crippen molar-refractivity contribution < 1.29 is 4.79 Å². The van der Waals surface area contributed by atoms with E-state index in [1.807, 2.05) is 31.0 Å².